The first-order valence-electron chi connectivity index (χ1n) is 8.65. The number of aliphatic hydroxyl groups is 1. The van der Waals surface area contributed by atoms with Gasteiger partial charge in [0.15, 0.2) is 11.9 Å². The van der Waals surface area contributed by atoms with E-state index in [1.54, 1.807) is 35.9 Å². The SMILES string of the molecule is OC(CNc1nc(-c2cccnc2)nc2sc3c(c12)CCCC3)C(F)(F)F. The Morgan fingerprint density at radius 3 is 2.78 bits per heavy atom. The van der Waals surface area contributed by atoms with E-state index in [1.807, 2.05) is 0 Å². The number of anilines is 1. The van der Waals surface area contributed by atoms with E-state index in [-0.39, 0.29) is 0 Å². The van der Waals surface area contributed by atoms with Crippen LogP contribution in [0.1, 0.15) is 23.3 Å². The molecule has 3 heterocycles. The van der Waals surface area contributed by atoms with Crippen molar-refractivity contribution < 1.29 is 18.3 Å². The van der Waals surface area contributed by atoms with E-state index in [0.717, 1.165) is 41.5 Å². The molecule has 0 fully saturated rings. The van der Waals surface area contributed by atoms with Gasteiger partial charge in [0.1, 0.15) is 10.6 Å². The quantitative estimate of drug-likeness (QED) is 0.701. The Kier molecular flexibility index (Phi) is 4.73. The number of thiophene rings is 1. The lowest BCUT2D eigenvalue weighted by molar-refractivity contribution is -0.198. The summed E-state index contributed by atoms with van der Waals surface area (Å²) >= 11 is 1.57. The van der Waals surface area contributed by atoms with Crippen LogP contribution in [0.3, 0.4) is 0 Å². The van der Waals surface area contributed by atoms with E-state index in [4.69, 9.17) is 0 Å². The van der Waals surface area contributed by atoms with Crippen molar-refractivity contribution >= 4 is 27.4 Å². The van der Waals surface area contributed by atoms with Gasteiger partial charge in [0.05, 0.1) is 11.9 Å². The monoisotopic (exact) mass is 394 g/mol. The number of pyridine rings is 1. The van der Waals surface area contributed by atoms with Gasteiger partial charge in [0, 0.05) is 22.8 Å². The van der Waals surface area contributed by atoms with Crippen LogP contribution in [0.4, 0.5) is 19.0 Å². The molecular weight excluding hydrogens is 377 g/mol. The lowest BCUT2D eigenvalue weighted by Gasteiger charge is -2.17. The van der Waals surface area contributed by atoms with Crippen LogP contribution in [0.15, 0.2) is 24.5 Å². The second-order valence-corrected chi connectivity index (χ2v) is 7.55. The molecule has 0 aromatic carbocycles. The lowest BCUT2D eigenvalue weighted by Crippen LogP contribution is -2.35. The van der Waals surface area contributed by atoms with Crippen LogP contribution in [0, 0.1) is 0 Å². The van der Waals surface area contributed by atoms with Crippen molar-refractivity contribution in [1.82, 2.24) is 15.0 Å². The minimum absolute atomic E-state index is 0.335. The van der Waals surface area contributed by atoms with Crippen LogP contribution < -0.4 is 5.32 Å². The standard InChI is InChI=1S/C18H17F3N4OS/c19-18(20,21)13(26)9-23-16-14-11-5-1-2-6-12(11)27-17(14)25-15(24-16)10-4-3-7-22-8-10/h3-4,7-8,13,26H,1-2,5-6,9H2,(H,23,24,25). The van der Waals surface area contributed by atoms with Crippen molar-refractivity contribution in [1.29, 1.82) is 0 Å². The highest BCUT2D eigenvalue weighted by molar-refractivity contribution is 7.19. The molecule has 2 N–H and O–H groups in total. The number of aliphatic hydroxyl groups excluding tert-OH is 1. The molecule has 0 aliphatic heterocycles. The molecule has 5 nitrogen and oxygen atoms in total. The maximum Gasteiger partial charge on any atom is 0.416 e. The summed E-state index contributed by atoms with van der Waals surface area (Å²) in [6.07, 6.45) is 0.0444. The molecule has 27 heavy (non-hydrogen) atoms. The highest BCUT2D eigenvalue weighted by atomic mass is 32.1. The fourth-order valence-corrected chi connectivity index (χ4v) is 4.48. The van der Waals surface area contributed by atoms with Gasteiger partial charge in [-0.15, -0.1) is 11.3 Å². The Balaban J connectivity index is 1.79. The van der Waals surface area contributed by atoms with Crippen LogP contribution in [0.25, 0.3) is 21.6 Å². The van der Waals surface area contributed by atoms with Crippen LogP contribution in [0.5, 0.6) is 0 Å². The molecule has 0 saturated heterocycles. The molecule has 0 bridgehead atoms. The van der Waals surface area contributed by atoms with Gasteiger partial charge in [0.2, 0.25) is 0 Å². The molecule has 4 rings (SSSR count). The summed E-state index contributed by atoms with van der Waals surface area (Å²) in [7, 11) is 0. The predicted octanol–water partition coefficient (Wildman–Crippen LogP) is 3.97. The molecule has 0 radical (unpaired) electrons. The Morgan fingerprint density at radius 1 is 1.22 bits per heavy atom. The van der Waals surface area contributed by atoms with Crippen LogP contribution in [-0.2, 0) is 12.8 Å². The van der Waals surface area contributed by atoms with Gasteiger partial charge >= 0.3 is 6.18 Å². The third-order valence-electron chi connectivity index (χ3n) is 4.58. The zero-order valence-electron chi connectivity index (χ0n) is 14.3. The average Bonchev–Trinajstić information content (AvgIpc) is 3.04. The number of halogens is 3. The molecule has 0 spiro atoms. The average molecular weight is 394 g/mol. The van der Waals surface area contributed by atoms with E-state index >= 15 is 0 Å². The van der Waals surface area contributed by atoms with E-state index in [9.17, 15) is 18.3 Å². The van der Waals surface area contributed by atoms with Crippen molar-refractivity contribution in [3.63, 3.8) is 0 Å². The number of hydrogen-bond donors (Lipinski definition) is 2. The van der Waals surface area contributed by atoms with Crippen molar-refractivity contribution in [2.24, 2.45) is 0 Å². The van der Waals surface area contributed by atoms with Crippen LogP contribution >= 0.6 is 11.3 Å². The maximum atomic E-state index is 12.7. The zero-order valence-corrected chi connectivity index (χ0v) is 15.1. The number of nitrogens with one attached hydrogen (secondary N) is 1. The molecule has 1 aliphatic carbocycles. The molecule has 0 saturated carbocycles. The number of fused-ring (bicyclic) bond motifs is 3. The largest absolute Gasteiger partial charge is 0.416 e. The summed E-state index contributed by atoms with van der Waals surface area (Å²) in [5.74, 6) is 0.736. The van der Waals surface area contributed by atoms with Crippen molar-refractivity contribution in [3.05, 3.63) is 35.0 Å². The van der Waals surface area contributed by atoms with E-state index in [1.165, 1.54) is 4.88 Å². The molecule has 9 heteroatoms. The molecule has 1 unspecified atom stereocenters. The first kappa shape index (κ1) is 18.1. The minimum atomic E-state index is -4.68. The highest BCUT2D eigenvalue weighted by Crippen LogP contribution is 2.39. The van der Waals surface area contributed by atoms with Gasteiger partial charge < -0.3 is 10.4 Å². The smallest absolute Gasteiger partial charge is 0.382 e. The minimum Gasteiger partial charge on any atom is -0.382 e. The summed E-state index contributed by atoms with van der Waals surface area (Å²) in [5.41, 5.74) is 1.80. The molecule has 3 aromatic heterocycles. The first-order chi connectivity index (χ1) is 12.9. The number of nitrogens with zero attached hydrogens (tertiary/aromatic N) is 3. The molecule has 0 amide bonds. The number of alkyl halides is 3. The molecule has 3 aromatic rings. The van der Waals surface area contributed by atoms with Crippen molar-refractivity contribution in [2.45, 2.75) is 38.0 Å². The number of aryl methyl sites for hydroxylation is 2. The molecular formula is C18H17F3N4OS. The Morgan fingerprint density at radius 2 is 2.04 bits per heavy atom. The summed E-state index contributed by atoms with van der Waals surface area (Å²) in [5, 5.41) is 12.8. The predicted molar refractivity (Wildman–Crippen MR) is 97.8 cm³/mol. The van der Waals surface area contributed by atoms with Crippen LogP contribution in [-0.4, -0.2) is 38.9 Å². The number of hydrogen-bond acceptors (Lipinski definition) is 6. The van der Waals surface area contributed by atoms with Gasteiger partial charge in [-0.2, -0.15) is 13.2 Å². The zero-order chi connectivity index (χ0) is 19.0. The topological polar surface area (TPSA) is 70.9 Å². The van der Waals surface area contributed by atoms with Gasteiger partial charge in [-0.1, -0.05) is 0 Å². The highest BCUT2D eigenvalue weighted by Gasteiger charge is 2.38. The second kappa shape index (κ2) is 7.05. The van der Waals surface area contributed by atoms with E-state index in [0.29, 0.717) is 17.2 Å². The second-order valence-electron chi connectivity index (χ2n) is 6.47. The first-order valence-corrected chi connectivity index (χ1v) is 9.46. The van der Waals surface area contributed by atoms with Crippen LogP contribution in [0.2, 0.25) is 0 Å². The van der Waals surface area contributed by atoms with Gasteiger partial charge in [-0.05, 0) is 43.4 Å². The number of rotatable bonds is 4. The summed E-state index contributed by atoms with van der Waals surface area (Å²) in [4.78, 5) is 15.1. The Labute approximate surface area is 157 Å². The fourth-order valence-electron chi connectivity index (χ4n) is 3.22. The lowest BCUT2D eigenvalue weighted by atomic mass is 9.97. The van der Waals surface area contributed by atoms with Gasteiger partial charge in [-0.25, -0.2) is 9.97 Å². The Hall–Kier alpha value is -2.26. The van der Waals surface area contributed by atoms with Gasteiger partial charge in [0.25, 0.3) is 0 Å². The molecule has 1 atom stereocenters. The van der Waals surface area contributed by atoms with E-state index < -0.39 is 18.8 Å². The summed E-state index contributed by atoms with van der Waals surface area (Å²) in [6, 6.07) is 3.55. The number of aromatic nitrogens is 3. The van der Waals surface area contributed by atoms with Crippen molar-refractivity contribution in [3.8, 4) is 11.4 Å². The summed E-state index contributed by atoms with van der Waals surface area (Å²) in [6.45, 7) is -0.660. The summed E-state index contributed by atoms with van der Waals surface area (Å²) < 4.78 is 38.1. The molecule has 1 aliphatic rings. The fraction of sp³-hybridized carbons (Fsp3) is 0.389. The molecule has 142 valence electrons. The van der Waals surface area contributed by atoms with Crippen molar-refractivity contribution in [2.75, 3.05) is 11.9 Å². The normalized spacial score (nSPS) is 15.6. The third kappa shape index (κ3) is 3.61. The third-order valence-corrected chi connectivity index (χ3v) is 5.76. The van der Waals surface area contributed by atoms with E-state index in [2.05, 4.69) is 20.3 Å². The Bertz CT molecular complexity index is 959. The maximum absolute atomic E-state index is 12.7. The van der Waals surface area contributed by atoms with Gasteiger partial charge in [-0.3, -0.25) is 4.98 Å².